The molecule has 2 saturated heterocycles. The summed E-state index contributed by atoms with van der Waals surface area (Å²) < 4.78 is 21.6. The second-order valence-corrected chi connectivity index (χ2v) is 8.74. The normalized spacial score (nSPS) is 32.7. The third-order valence-electron chi connectivity index (χ3n) is 6.19. The summed E-state index contributed by atoms with van der Waals surface area (Å²) in [6, 6.07) is 0. The summed E-state index contributed by atoms with van der Waals surface area (Å²) in [6.45, 7) is 5.87. The van der Waals surface area contributed by atoms with Gasteiger partial charge in [0.2, 0.25) is 5.89 Å². The Morgan fingerprint density at radius 2 is 2.06 bits per heavy atom. The summed E-state index contributed by atoms with van der Waals surface area (Å²) in [5, 5.41) is 30.9. The van der Waals surface area contributed by atoms with Gasteiger partial charge in [0.05, 0.1) is 50.4 Å². The van der Waals surface area contributed by atoms with Crippen LogP contribution in [0, 0.1) is 11.8 Å². The van der Waals surface area contributed by atoms with Crippen LogP contribution in [0.4, 0.5) is 0 Å². The molecule has 2 aliphatic heterocycles. The van der Waals surface area contributed by atoms with Crippen molar-refractivity contribution in [1.82, 2.24) is 4.98 Å². The first kappa shape index (κ1) is 24.6. The lowest BCUT2D eigenvalue weighted by Crippen LogP contribution is -2.50. The van der Waals surface area contributed by atoms with Crippen molar-refractivity contribution in [2.75, 3.05) is 13.7 Å². The van der Waals surface area contributed by atoms with Crippen LogP contribution in [0.25, 0.3) is 12.2 Å². The van der Waals surface area contributed by atoms with E-state index in [0.29, 0.717) is 31.1 Å². The molecule has 0 amide bonds. The number of aromatic nitrogens is 1. The Balaban J connectivity index is 1.50. The Morgan fingerprint density at radius 3 is 2.75 bits per heavy atom. The van der Waals surface area contributed by atoms with Gasteiger partial charge in [-0.2, -0.15) is 0 Å². The van der Waals surface area contributed by atoms with E-state index in [4.69, 9.17) is 13.9 Å². The van der Waals surface area contributed by atoms with E-state index >= 15 is 0 Å². The van der Waals surface area contributed by atoms with Crippen molar-refractivity contribution < 1.29 is 38.7 Å². The van der Waals surface area contributed by atoms with Crippen LogP contribution < -0.4 is 0 Å². The molecule has 0 bridgehead atoms. The minimum absolute atomic E-state index is 0.0182. The number of oxazole rings is 1. The second kappa shape index (κ2) is 10.7. The highest BCUT2D eigenvalue weighted by molar-refractivity contribution is 5.86. The first-order valence-electron chi connectivity index (χ1n) is 10.9. The fraction of sp³-hybridized carbons (Fsp3) is 0.652. The Morgan fingerprint density at radius 1 is 1.31 bits per heavy atom. The van der Waals surface area contributed by atoms with Gasteiger partial charge in [-0.15, -0.1) is 0 Å². The topological polar surface area (TPSA) is 135 Å². The summed E-state index contributed by atoms with van der Waals surface area (Å²) in [5.41, 5.74) is 0.862. The zero-order chi connectivity index (χ0) is 23.4. The van der Waals surface area contributed by atoms with Gasteiger partial charge in [-0.25, -0.2) is 9.78 Å². The van der Waals surface area contributed by atoms with Crippen molar-refractivity contribution >= 4 is 18.1 Å². The highest BCUT2D eigenvalue weighted by atomic mass is 16.6. The lowest BCUT2D eigenvalue weighted by molar-refractivity contribution is -0.165. The fourth-order valence-corrected chi connectivity index (χ4v) is 3.96. The van der Waals surface area contributed by atoms with Crippen molar-refractivity contribution in [2.24, 2.45) is 11.8 Å². The van der Waals surface area contributed by atoms with Gasteiger partial charge in [-0.1, -0.05) is 12.5 Å². The van der Waals surface area contributed by atoms with Crippen LogP contribution in [0.15, 0.2) is 22.3 Å². The van der Waals surface area contributed by atoms with Crippen molar-refractivity contribution in [3.05, 3.63) is 29.5 Å². The molecule has 0 saturated carbocycles. The molecule has 0 spiro atoms. The number of methoxy groups -OCH3 is 1. The van der Waals surface area contributed by atoms with E-state index in [2.05, 4.69) is 9.72 Å². The molecule has 0 aromatic carbocycles. The minimum Gasteiger partial charge on any atom is -0.466 e. The maximum absolute atomic E-state index is 11.1. The zero-order valence-corrected chi connectivity index (χ0v) is 18.9. The van der Waals surface area contributed by atoms with Gasteiger partial charge < -0.3 is 33.9 Å². The molecular weight excluding hydrogens is 418 g/mol. The number of aliphatic hydroxyl groups is 3. The smallest absolute Gasteiger partial charge is 0.330 e. The molecule has 0 radical (unpaired) electrons. The lowest BCUT2D eigenvalue weighted by Gasteiger charge is -2.38. The van der Waals surface area contributed by atoms with Gasteiger partial charge in [-0.3, -0.25) is 0 Å². The minimum atomic E-state index is -1.02. The van der Waals surface area contributed by atoms with E-state index in [1.54, 1.807) is 13.0 Å². The maximum atomic E-state index is 11.1. The monoisotopic (exact) mass is 451 g/mol. The summed E-state index contributed by atoms with van der Waals surface area (Å²) in [6.07, 6.45) is 3.94. The maximum Gasteiger partial charge on any atom is 0.330 e. The molecule has 1 aromatic heterocycles. The summed E-state index contributed by atoms with van der Waals surface area (Å²) >= 11 is 0. The largest absolute Gasteiger partial charge is 0.466 e. The number of nitrogens with zero attached hydrogens (tertiary/aromatic N) is 1. The van der Waals surface area contributed by atoms with E-state index in [9.17, 15) is 20.1 Å². The van der Waals surface area contributed by atoms with Gasteiger partial charge >= 0.3 is 5.97 Å². The van der Waals surface area contributed by atoms with Gasteiger partial charge in [0.1, 0.15) is 11.9 Å². The van der Waals surface area contributed by atoms with E-state index in [1.165, 1.54) is 25.5 Å². The molecule has 3 rings (SSSR count). The Bertz CT molecular complexity index is 832. The number of ether oxygens (including phenoxy) is 3. The molecule has 3 N–H and O–H groups in total. The van der Waals surface area contributed by atoms with E-state index in [1.807, 2.05) is 13.8 Å². The average molecular weight is 452 g/mol. The Kier molecular flexibility index (Phi) is 8.24. The van der Waals surface area contributed by atoms with Crippen LogP contribution in [-0.2, 0) is 19.0 Å². The number of hydrogen-bond acceptors (Lipinski definition) is 9. The van der Waals surface area contributed by atoms with Crippen LogP contribution in [0.3, 0.4) is 0 Å². The molecular formula is C23H33NO8. The number of rotatable bonds is 9. The predicted molar refractivity (Wildman–Crippen MR) is 115 cm³/mol. The van der Waals surface area contributed by atoms with Crippen LogP contribution in [0.5, 0.6) is 0 Å². The lowest BCUT2D eigenvalue weighted by atomic mass is 9.85. The van der Waals surface area contributed by atoms with E-state index in [-0.39, 0.29) is 24.0 Å². The molecule has 0 aliphatic carbocycles. The van der Waals surface area contributed by atoms with Gasteiger partial charge in [0.25, 0.3) is 0 Å². The van der Waals surface area contributed by atoms with Crippen molar-refractivity contribution in [2.45, 2.75) is 70.2 Å². The summed E-state index contributed by atoms with van der Waals surface area (Å²) in [7, 11) is 1.29. The van der Waals surface area contributed by atoms with Gasteiger partial charge in [0.15, 0.2) is 0 Å². The van der Waals surface area contributed by atoms with Crippen molar-refractivity contribution in [3.8, 4) is 0 Å². The molecule has 9 heteroatoms. The zero-order valence-electron chi connectivity index (χ0n) is 18.9. The van der Waals surface area contributed by atoms with E-state index < -0.39 is 30.4 Å². The van der Waals surface area contributed by atoms with E-state index in [0.717, 1.165) is 5.57 Å². The standard InChI is InChI=1S/C23H33NO8/c1-12(8-19-24-10-16(31-19)5-6-20(26)29-4)7-17-22(28)21(27)15(11-30-17)9-18-23(32-18)13(2)14(3)25/h5-6,8,10,13-15,17-18,21-23,25,27-28H,7,9,11H2,1-4H3/b6-5-,12-8+/t13-,14-,15-,17-,18-,21+,22-,23-/m0/s1. The third-order valence-corrected chi connectivity index (χ3v) is 6.19. The van der Waals surface area contributed by atoms with Gasteiger partial charge in [0, 0.05) is 17.9 Å². The quantitative estimate of drug-likeness (QED) is 0.290. The van der Waals surface area contributed by atoms with Crippen LogP contribution in [0.2, 0.25) is 0 Å². The van der Waals surface area contributed by atoms with Gasteiger partial charge in [-0.05, 0) is 38.8 Å². The third kappa shape index (κ3) is 6.26. The number of aliphatic hydroxyl groups excluding tert-OH is 3. The molecule has 3 heterocycles. The fourth-order valence-electron chi connectivity index (χ4n) is 3.96. The molecule has 2 fully saturated rings. The average Bonchev–Trinajstić information content (AvgIpc) is 3.38. The number of esters is 1. The first-order valence-corrected chi connectivity index (χ1v) is 10.9. The highest BCUT2D eigenvalue weighted by Crippen LogP contribution is 2.38. The van der Waals surface area contributed by atoms with Crippen LogP contribution >= 0.6 is 0 Å². The highest BCUT2D eigenvalue weighted by Gasteiger charge is 2.48. The molecule has 2 aliphatic rings. The molecule has 0 unspecified atom stereocenters. The summed E-state index contributed by atoms with van der Waals surface area (Å²) in [4.78, 5) is 15.3. The second-order valence-electron chi connectivity index (χ2n) is 8.74. The molecule has 1 aromatic rings. The Labute approximate surface area is 187 Å². The number of carbonyl (C=O) groups excluding carboxylic acids is 1. The number of hydrogen-bond donors (Lipinski definition) is 3. The van der Waals surface area contributed by atoms with Crippen LogP contribution in [0.1, 0.15) is 45.3 Å². The molecule has 178 valence electrons. The summed E-state index contributed by atoms with van der Waals surface area (Å²) in [5.74, 6) is 0.0831. The first-order chi connectivity index (χ1) is 15.2. The Hall–Kier alpha value is -2.04. The van der Waals surface area contributed by atoms with Crippen molar-refractivity contribution in [3.63, 3.8) is 0 Å². The predicted octanol–water partition coefficient (Wildman–Crippen LogP) is 1.57. The van der Waals surface area contributed by atoms with Crippen molar-refractivity contribution in [1.29, 1.82) is 0 Å². The molecule has 8 atom stereocenters. The van der Waals surface area contributed by atoms with Crippen LogP contribution in [-0.4, -0.2) is 76.6 Å². The molecule has 32 heavy (non-hydrogen) atoms. The SMILES string of the molecule is COC(=O)/C=C\c1cnc(/C=C(\C)C[C@@H]2OC[C@H](C[C@@H]3O[C@H]3[C@@H](C)[C@H](C)O)[C@@H](O)[C@H]2O)o1. The number of carbonyl (C=O) groups is 1. The molecule has 9 nitrogen and oxygen atoms in total. The number of epoxide rings is 1.